The van der Waals surface area contributed by atoms with E-state index in [1.165, 1.54) is 12.1 Å². The molecule has 0 amide bonds. The van der Waals surface area contributed by atoms with Gasteiger partial charge in [0.15, 0.2) is 0 Å². The largest absolute Gasteiger partial charge is 0.464 e. The third-order valence-corrected chi connectivity index (χ3v) is 2.13. The van der Waals surface area contributed by atoms with Crippen LogP contribution in [0.25, 0.3) is 11.0 Å². The molecule has 3 heteroatoms. The van der Waals surface area contributed by atoms with E-state index < -0.39 is 0 Å². The van der Waals surface area contributed by atoms with Crippen LogP contribution >= 0.6 is 0 Å². The SMILES string of the molecule is C[C@H](N)Cc1cc(F)cc2ccoc12. The maximum absolute atomic E-state index is 13.1. The van der Waals surface area contributed by atoms with Gasteiger partial charge in [-0.05, 0) is 37.1 Å². The predicted octanol–water partition coefficient (Wildman–Crippen LogP) is 2.46. The molecule has 0 aliphatic rings. The summed E-state index contributed by atoms with van der Waals surface area (Å²) >= 11 is 0. The van der Waals surface area contributed by atoms with Gasteiger partial charge in [-0.3, -0.25) is 0 Å². The molecular weight excluding hydrogens is 181 g/mol. The molecule has 1 aromatic heterocycles. The lowest BCUT2D eigenvalue weighted by molar-refractivity contribution is 0.597. The van der Waals surface area contributed by atoms with Gasteiger partial charge in [-0.15, -0.1) is 0 Å². The van der Waals surface area contributed by atoms with Gasteiger partial charge in [-0.25, -0.2) is 4.39 Å². The molecule has 1 atom stereocenters. The van der Waals surface area contributed by atoms with Crippen molar-refractivity contribution in [3.05, 3.63) is 35.8 Å². The van der Waals surface area contributed by atoms with Crippen LogP contribution in [-0.2, 0) is 6.42 Å². The minimum absolute atomic E-state index is 0.00472. The van der Waals surface area contributed by atoms with Gasteiger partial charge in [-0.1, -0.05) is 0 Å². The van der Waals surface area contributed by atoms with E-state index in [2.05, 4.69) is 0 Å². The third kappa shape index (κ3) is 1.63. The molecule has 0 radical (unpaired) electrons. The molecule has 74 valence electrons. The zero-order valence-electron chi connectivity index (χ0n) is 7.96. The minimum Gasteiger partial charge on any atom is -0.464 e. The summed E-state index contributed by atoms with van der Waals surface area (Å²) < 4.78 is 18.4. The zero-order chi connectivity index (χ0) is 10.1. The minimum atomic E-state index is -0.241. The first kappa shape index (κ1) is 9.21. The first-order valence-electron chi connectivity index (χ1n) is 4.58. The van der Waals surface area contributed by atoms with Crippen molar-refractivity contribution in [2.75, 3.05) is 0 Å². The summed E-state index contributed by atoms with van der Waals surface area (Å²) in [4.78, 5) is 0. The second-order valence-electron chi connectivity index (χ2n) is 3.59. The van der Waals surface area contributed by atoms with Crippen LogP contribution in [0, 0.1) is 5.82 Å². The van der Waals surface area contributed by atoms with Crippen LogP contribution in [0.3, 0.4) is 0 Å². The van der Waals surface area contributed by atoms with Crippen LogP contribution in [0.2, 0.25) is 0 Å². The highest BCUT2D eigenvalue weighted by atomic mass is 19.1. The van der Waals surface area contributed by atoms with Gasteiger partial charge >= 0.3 is 0 Å². The summed E-state index contributed by atoms with van der Waals surface area (Å²) in [5, 5.41) is 0.792. The topological polar surface area (TPSA) is 39.2 Å². The molecule has 0 bridgehead atoms. The second-order valence-corrected chi connectivity index (χ2v) is 3.59. The van der Waals surface area contributed by atoms with E-state index in [-0.39, 0.29) is 11.9 Å². The standard InChI is InChI=1S/C11H12FNO/c1-7(13)4-9-6-10(12)5-8-2-3-14-11(8)9/h2-3,5-7H,4,13H2,1H3/t7-/m0/s1. The van der Waals surface area contributed by atoms with Crippen molar-refractivity contribution >= 4 is 11.0 Å². The van der Waals surface area contributed by atoms with Crippen LogP contribution in [0.5, 0.6) is 0 Å². The highest BCUT2D eigenvalue weighted by molar-refractivity contribution is 5.80. The van der Waals surface area contributed by atoms with Crippen molar-refractivity contribution in [1.82, 2.24) is 0 Å². The molecular formula is C11H12FNO. The molecule has 0 saturated heterocycles. The van der Waals surface area contributed by atoms with Crippen molar-refractivity contribution in [1.29, 1.82) is 0 Å². The van der Waals surface area contributed by atoms with Crippen LogP contribution < -0.4 is 5.73 Å². The van der Waals surface area contributed by atoms with E-state index in [1.54, 1.807) is 12.3 Å². The Labute approximate surface area is 81.5 Å². The fraction of sp³-hybridized carbons (Fsp3) is 0.273. The number of nitrogens with two attached hydrogens (primary N) is 1. The van der Waals surface area contributed by atoms with Crippen LogP contribution in [0.4, 0.5) is 4.39 Å². The fourth-order valence-corrected chi connectivity index (χ4v) is 1.61. The zero-order valence-corrected chi connectivity index (χ0v) is 7.96. The number of halogens is 1. The van der Waals surface area contributed by atoms with E-state index in [0.717, 1.165) is 16.5 Å². The number of furan rings is 1. The van der Waals surface area contributed by atoms with Gasteiger partial charge in [-0.2, -0.15) is 0 Å². The number of fused-ring (bicyclic) bond motifs is 1. The summed E-state index contributed by atoms with van der Waals surface area (Å²) in [6, 6.07) is 4.70. The lowest BCUT2D eigenvalue weighted by Crippen LogP contribution is -2.17. The Hall–Kier alpha value is -1.35. The molecule has 0 saturated carbocycles. The summed E-state index contributed by atoms with van der Waals surface area (Å²) in [5.41, 5.74) is 7.24. The molecule has 2 rings (SSSR count). The molecule has 2 nitrogen and oxygen atoms in total. The van der Waals surface area contributed by atoms with Crippen LogP contribution in [0.15, 0.2) is 28.9 Å². The summed E-state index contributed by atoms with van der Waals surface area (Å²) in [6.45, 7) is 1.89. The van der Waals surface area contributed by atoms with E-state index in [4.69, 9.17) is 10.2 Å². The monoisotopic (exact) mass is 193 g/mol. The number of rotatable bonds is 2. The molecule has 0 aliphatic heterocycles. The molecule has 0 spiro atoms. The Morgan fingerprint density at radius 2 is 2.29 bits per heavy atom. The Balaban J connectivity index is 2.55. The maximum atomic E-state index is 13.1. The molecule has 1 aromatic carbocycles. The predicted molar refractivity (Wildman–Crippen MR) is 53.5 cm³/mol. The van der Waals surface area contributed by atoms with Gasteiger partial charge in [0.1, 0.15) is 11.4 Å². The van der Waals surface area contributed by atoms with Gasteiger partial charge in [0.2, 0.25) is 0 Å². The molecule has 14 heavy (non-hydrogen) atoms. The van der Waals surface area contributed by atoms with Gasteiger partial charge in [0, 0.05) is 11.4 Å². The van der Waals surface area contributed by atoms with Gasteiger partial charge in [0.05, 0.1) is 6.26 Å². The van der Waals surface area contributed by atoms with E-state index in [0.29, 0.717) is 6.42 Å². The molecule has 2 aromatic rings. The summed E-state index contributed by atoms with van der Waals surface area (Å²) in [6.07, 6.45) is 2.19. The highest BCUT2D eigenvalue weighted by Gasteiger charge is 2.08. The van der Waals surface area contributed by atoms with Crippen molar-refractivity contribution < 1.29 is 8.81 Å². The first-order chi connectivity index (χ1) is 6.66. The van der Waals surface area contributed by atoms with E-state index in [1.807, 2.05) is 6.92 Å². The van der Waals surface area contributed by atoms with Crippen LogP contribution in [0.1, 0.15) is 12.5 Å². The Kier molecular flexibility index (Phi) is 2.25. The first-order valence-corrected chi connectivity index (χ1v) is 4.58. The van der Waals surface area contributed by atoms with Crippen molar-refractivity contribution in [3.8, 4) is 0 Å². The average molecular weight is 193 g/mol. The Bertz CT molecular complexity index is 447. The lowest BCUT2D eigenvalue weighted by Gasteiger charge is -2.05. The maximum Gasteiger partial charge on any atom is 0.137 e. The smallest absolute Gasteiger partial charge is 0.137 e. The molecule has 1 heterocycles. The number of hydrogen-bond donors (Lipinski definition) is 1. The molecule has 0 fully saturated rings. The third-order valence-electron chi connectivity index (χ3n) is 2.13. The molecule has 0 unspecified atom stereocenters. The summed E-state index contributed by atoms with van der Waals surface area (Å²) in [5.74, 6) is -0.241. The van der Waals surface area contributed by atoms with Crippen molar-refractivity contribution in [3.63, 3.8) is 0 Å². The molecule has 2 N–H and O–H groups in total. The lowest BCUT2D eigenvalue weighted by atomic mass is 10.1. The Morgan fingerprint density at radius 1 is 1.50 bits per heavy atom. The summed E-state index contributed by atoms with van der Waals surface area (Å²) in [7, 11) is 0. The molecule has 0 aliphatic carbocycles. The fourth-order valence-electron chi connectivity index (χ4n) is 1.61. The van der Waals surface area contributed by atoms with Gasteiger partial charge in [0.25, 0.3) is 0 Å². The van der Waals surface area contributed by atoms with Gasteiger partial charge < -0.3 is 10.2 Å². The average Bonchev–Trinajstić information content (AvgIpc) is 2.50. The Morgan fingerprint density at radius 3 is 3.00 bits per heavy atom. The van der Waals surface area contributed by atoms with Crippen LogP contribution in [-0.4, -0.2) is 6.04 Å². The number of hydrogen-bond acceptors (Lipinski definition) is 2. The van der Waals surface area contributed by atoms with E-state index >= 15 is 0 Å². The van der Waals surface area contributed by atoms with Crippen molar-refractivity contribution in [2.45, 2.75) is 19.4 Å². The highest BCUT2D eigenvalue weighted by Crippen LogP contribution is 2.22. The van der Waals surface area contributed by atoms with Crippen molar-refractivity contribution in [2.24, 2.45) is 5.73 Å². The number of benzene rings is 1. The second kappa shape index (κ2) is 3.42. The normalized spacial score (nSPS) is 13.4. The quantitative estimate of drug-likeness (QED) is 0.795. The van der Waals surface area contributed by atoms with E-state index in [9.17, 15) is 4.39 Å².